The molecule has 1 aromatic carbocycles. The molecule has 1 aromatic heterocycles. The summed E-state index contributed by atoms with van der Waals surface area (Å²) in [6.45, 7) is 2.88. The number of hydrogen-bond acceptors (Lipinski definition) is 5. The summed E-state index contributed by atoms with van der Waals surface area (Å²) in [5, 5.41) is 6.23. The first-order valence-electron chi connectivity index (χ1n) is 6.29. The van der Waals surface area contributed by atoms with E-state index in [0.717, 1.165) is 34.9 Å². The Labute approximate surface area is 131 Å². The Kier molecular flexibility index (Phi) is 6.46. The van der Waals surface area contributed by atoms with Crippen molar-refractivity contribution >= 4 is 27.3 Å². The molecule has 0 spiro atoms. The van der Waals surface area contributed by atoms with Gasteiger partial charge in [-0.25, -0.2) is 4.98 Å². The van der Waals surface area contributed by atoms with Gasteiger partial charge < -0.3 is 14.8 Å². The van der Waals surface area contributed by atoms with Crippen molar-refractivity contribution in [2.45, 2.75) is 13.2 Å². The fraction of sp³-hybridized carbons (Fsp3) is 0.357. The van der Waals surface area contributed by atoms with Crippen LogP contribution in [0.1, 0.15) is 10.6 Å². The lowest BCUT2D eigenvalue weighted by molar-refractivity contribution is 0.199. The standard InChI is InChI=1S/C14H17BrN2O2S/c1-18-6-4-16-9-11-2-3-13(12(15)8-11)19-10-14-17-5-7-20-14/h2-3,5,7-8,16H,4,6,9-10H2,1H3. The molecule has 0 radical (unpaired) electrons. The Morgan fingerprint density at radius 3 is 3.00 bits per heavy atom. The molecule has 0 saturated heterocycles. The highest BCUT2D eigenvalue weighted by Gasteiger charge is 2.04. The zero-order valence-corrected chi connectivity index (χ0v) is 13.7. The van der Waals surface area contributed by atoms with Crippen molar-refractivity contribution < 1.29 is 9.47 Å². The van der Waals surface area contributed by atoms with E-state index in [1.165, 1.54) is 5.56 Å². The molecule has 4 nitrogen and oxygen atoms in total. The van der Waals surface area contributed by atoms with Crippen molar-refractivity contribution in [1.29, 1.82) is 0 Å². The van der Waals surface area contributed by atoms with Gasteiger partial charge in [0.2, 0.25) is 0 Å². The zero-order chi connectivity index (χ0) is 14.2. The van der Waals surface area contributed by atoms with Crippen LogP contribution in [0, 0.1) is 0 Å². The molecular weight excluding hydrogens is 340 g/mol. The maximum absolute atomic E-state index is 5.74. The number of nitrogens with zero attached hydrogens (tertiary/aromatic N) is 1. The summed E-state index contributed by atoms with van der Waals surface area (Å²) >= 11 is 5.13. The average Bonchev–Trinajstić information content (AvgIpc) is 2.96. The van der Waals surface area contributed by atoms with Gasteiger partial charge in [-0.1, -0.05) is 6.07 Å². The van der Waals surface area contributed by atoms with Crippen LogP contribution in [0.5, 0.6) is 5.75 Å². The topological polar surface area (TPSA) is 43.4 Å². The van der Waals surface area contributed by atoms with Gasteiger partial charge >= 0.3 is 0 Å². The first-order valence-corrected chi connectivity index (χ1v) is 7.96. The minimum Gasteiger partial charge on any atom is -0.485 e. The van der Waals surface area contributed by atoms with Gasteiger partial charge in [0.1, 0.15) is 17.4 Å². The molecule has 1 N–H and O–H groups in total. The van der Waals surface area contributed by atoms with E-state index in [4.69, 9.17) is 9.47 Å². The molecule has 0 saturated carbocycles. The third kappa shape index (κ3) is 4.86. The van der Waals surface area contributed by atoms with E-state index in [-0.39, 0.29) is 0 Å². The highest BCUT2D eigenvalue weighted by Crippen LogP contribution is 2.27. The number of rotatable bonds is 8. The Balaban J connectivity index is 1.85. The molecule has 0 bridgehead atoms. The molecule has 2 aromatic rings. The van der Waals surface area contributed by atoms with E-state index >= 15 is 0 Å². The summed E-state index contributed by atoms with van der Waals surface area (Å²) in [7, 11) is 1.70. The van der Waals surface area contributed by atoms with Crippen LogP contribution in [-0.4, -0.2) is 25.2 Å². The Morgan fingerprint density at radius 2 is 2.30 bits per heavy atom. The first kappa shape index (κ1) is 15.4. The largest absolute Gasteiger partial charge is 0.485 e. The van der Waals surface area contributed by atoms with Crippen LogP contribution in [0.3, 0.4) is 0 Å². The molecule has 0 atom stereocenters. The zero-order valence-electron chi connectivity index (χ0n) is 11.3. The molecule has 2 rings (SSSR count). The van der Waals surface area contributed by atoms with Crippen molar-refractivity contribution in [3.63, 3.8) is 0 Å². The van der Waals surface area contributed by atoms with Gasteiger partial charge in [-0.15, -0.1) is 11.3 Å². The lowest BCUT2D eigenvalue weighted by Gasteiger charge is -2.09. The molecule has 0 amide bonds. The summed E-state index contributed by atoms with van der Waals surface area (Å²) in [5.74, 6) is 0.834. The molecule has 108 valence electrons. The van der Waals surface area contributed by atoms with Gasteiger partial charge in [0.05, 0.1) is 11.1 Å². The maximum atomic E-state index is 5.74. The monoisotopic (exact) mass is 356 g/mol. The lowest BCUT2D eigenvalue weighted by atomic mass is 10.2. The number of benzene rings is 1. The van der Waals surface area contributed by atoms with E-state index in [2.05, 4.69) is 38.4 Å². The molecular formula is C14H17BrN2O2S. The van der Waals surface area contributed by atoms with Crippen LogP contribution in [0.15, 0.2) is 34.2 Å². The van der Waals surface area contributed by atoms with E-state index in [1.807, 2.05) is 11.4 Å². The van der Waals surface area contributed by atoms with Gasteiger partial charge in [-0.3, -0.25) is 0 Å². The molecule has 6 heteroatoms. The molecule has 0 unspecified atom stereocenters. The van der Waals surface area contributed by atoms with Gasteiger partial charge in [-0.2, -0.15) is 0 Å². The number of nitrogens with one attached hydrogen (secondary N) is 1. The van der Waals surface area contributed by atoms with Gasteiger partial charge in [-0.05, 0) is 33.6 Å². The lowest BCUT2D eigenvalue weighted by Crippen LogP contribution is -2.18. The molecule has 1 heterocycles. The van der Waals surface area contributed by atoms with Crippen LogP contribution in [0.25, 0.3) is 0 Å². The normalized spacial score (nSPS) is 10.7. The molecule has 0 fully saturated rings. The second-order valence-corrected chi connectivity index (χ2v) is 5.98. The Morgan fingerprint density at radius 1 is 1.40 bits per heavy atom. The summed E-state index contributed by atoms with van der Waals surface area (Å²) < 4.78 is 11.7. The first-order chi connectivity index (χ1) is 9.79. The maximum Gasteiger partial charge on any atom is 0.140 e. The van der Waals surface area contributed by atoms with E-state index in [0.29, 0.717) is 6.61 Å². The molecule has 20 heavy (non-hydrogen) atoms. The molecule has 0 aliphatic rings. The molecule has 0 aliphatic heterocycles. The third-order valence-corrected chi connectivity index (χ3v) is 4.02. The highest BCUT2D eigenvalue weighted by molar-refractivity contribution is 9.10. The smallest absolute Gasteiger partial charge is 0.140 e. The van der Waals surface area contributed by atoms with Crippen LogP contribution in [0.2, 0.25) is 0 Å². The van der Waals surface area contributed by atoms with Crippen molar-refractivity contribution in [2.75, 3.05) is 20.3 Å². The van der Waals surface area contributed by atoms with Crippen LogP contribution in [0.4, 0.5) is 0 Å². The van der Waals surface area contributed by atoms with Crippen molar-refractivity contribution in [2.24, 2.45) is 0 Å². The Bertz CT molecular complexity index is 520. The highest BCUT2D eigenvalue weighted by atomic mass is 79.9. The van der Waals surface area contributed by atoms with Crippen LogP contribution < -0.4 is 10.1 Å². The van der Waals surface area contributed by atoms with Crippen molar-refractivity contribution in [1.82, 2.24) is 10.3 Å². The number of halogens is 1. The summed E-state index contributed by atoms with van der Waals surface area (Å²) in [6.07, 6.45) is 1.78. The van der Waals surface area contributed by atoms with Gasteiger partial charge in [0.15, 0.2) is 0 Å². The SMILES string of the molecule is COCCNCc1ccc(OCc2nccs2)c(Br)c1. The van der Waals surface area contributed by atoms with Gasteiger partial charge in [0.25, 0.3) is 0 Å². The fourth-order valence-corrected chi connectivity index (χ4v) is 2.71. The summed E-state index contributed by atoms with van der Waals surface area (Å²) in [5.41, 5.74) is 1.20. The quantitative estimate of drug-likeness (QED) is 0.737. The van der Waals surface area contributed by atoms with E-state index < -0.39 is 0 Å². The Hall–Kier alpha value is -0.950. The fourth-order valence-electron chi connectivity index (χ4n) is 1.64. The second-order valence-electron chi connectivity index (χ2n) is 4.15. The average molecular weight is 357 g/mol. The number of aromatic nitrogens is 1. The number of thiazole rings is 1. The number of ether oxygens (including phenoxy) is 2. The van der Waals surface area contributed by atoms with E-state index in [1.54, 1.807) is 24.6 Å². The number of hydrogen-bond donors (Lipinski definition) is 1. The molecule has 0 aliphatic carbocycles. The van der Waals surface area contributed by atoms with E-state index in [9.17, 15) is 0 Å². The van der Waals surface area contributed by atoms with Crippen molar-refractivity contribution in [3.8, 4) is 5.75 Å². The summed E-state index contributed by atoms with van der Waals surface area (Å²) in [4.78, 5) is 4.19. The third-order valence-electron chi connectivity index (χ3n) is 2.64. The minimum absolute atomic E-state index is 0.502. The van der Waals surface area contributed by atoms with Crippen LogP contribution in [-0.2, 0) is 17.9 Å². The second kappa shape index (κ2) is 8.36. The van der Waals surface area contributed by atoms with Gasteiger partial charge in [0, 0.05) is 31.8 Å². The van der Waals surface area contributed by atoms with Crippen molar-refractivity contribution in [3.05, 3.63) is 44.8 Å². The van der Waals surface area contributed by atoms with Crippen LogP contribution >= 0.6 is 27.3 Å². The summed E-state index contributed by atoms with van der Waals surface area (Å²) in [6, 6.07) is 6.10. The predicted octanol–water partition coefficient (Wildman–Crippen LogP) is 3.22. The predicted molar refractivity (Wildman–Crippen MR) is 84.2 cm³/mol. The minimum atomic E-state index is 0.502. The number of methoxy groups -OCH3 is 1.